The van der Waals surface area contributed by atoms with Crippen LogP contribution in [0.3, 0.4) is 0 Å². The molecule has 0 radical (unpaired) electrons. The fourth-order valence-corrected chi connectivity index (χ4v) is 7.14. The van der Waals surface area contributed by atoms with Crippen LogP contribution in [0.4, 0.5) is 0 Å². The zero-order valence-electron chi connectivity index (χ0n) is 26.1. The van der Waals surface area contributed by atoms with Crippen LogP contribution in [0.1, 0.15) is 74.1 Å². The van der Waals surface area contributed by atoms with Crippen molar-refractivity contribution >= 4 is 0 Å². The highest BCUT2D eigenvalue weighted by molar-refractivity contribution is 5.88. The summed E-state index contributed by atoms with van der Waals surface area (Å²) in [5.41, 5.74) is 13.3. The van der Waals surface area contributed by atoms with Crippen LogP contribution in [0.15, 0.2) is 146 Å². The van der Waals surface area contributed by atoms with E-state index in [0.29, 0.717) is 0 Å². The molecule has 0 amide bonds. The number of hydrogen-bond donors (Lipinski definition) is 0. The van der Waals surface area contributed by atoms with Crippen LogP contribution in [-0.2, 0) is 11.8 Å². The molecule has 0 bridgehead atoms. The van der Waals surface area contributed by atoms with Crippen molar-refractivity contribution in [2.75, 3.05) is 0 Å². The zero-order valence-corrected chi connectivity index (χ0v) is 26.1. The quantitative estimate of drug-likeness (QED) is 0.0972. The lowest BCUT2D eigenvalue weighted by atomic mass is 9.68. The van der Waals surface area contributed by atoms with Crippen molar-refractivity contribution in [3.63, 3.8) is 0 Å². The number of rotatable bonds is 13. The zero-order chi connectivity index (χ0) is 30.2. The van der Waals surface area contributed by atoms with Gasteiger partial charge in [0.25, 0.3) is 0 Å². The smallest absolute Gasteiger partial charge is 0.0464 e. The van der Waals surface area contributed by atoms with E-state index in [4.69, 9.17) is 0 Å². The molecule has 0 fully saturated rings. The second-order valence-corrected chi connectivity index (χ2v) is 12.2. The molecule has 1 aliphatic rings. The van der Waals surface area contributed by atoms with Gasteiger partial charge in [-0.2, -0.15) is 0 Å². The average Bonchev–Trinajstić information content (AvgIpc) is 3.36. The molecule has 220 valence electrons. The second-order valence-electron chi connectivity index (χ2n) is 12.2. The molecule has 0 aliphatic heterocycles. The van der Waals surface area contributed by atoms with Gasteiger partial charge in [0.15, 0.2) is 0 Å². The van der Waals surface area contributed by atoms with Gasteiger partial charge in [0, 0.05) is 5.41 Å². The van der Waals surface area contributed by atoms with Gasteiger partial charge in [-0.1, -0.05) is 160 Å². The lowest BCUT2D eigenvalue weighted by Crippen LogP contribution is -2.27. The van der Waals surface area contributed by atoms with E-state index in [1.54, 1.807) is 0 Å². The topological polar surface area (TPSA) is 0 Å². The van der Waals surface area contributed by atoms with Crippen molar-refractivity contribution in [3.05, 3.63) is 168 Å². The third kappa shape index (κ3) is 6.00. The molecular weight excluding hydrogens is 528 g/mol. The summed E-state index contributed by atoms with van der Waals surface area (Å²) in [6, 6.07) is 45.7. The summed E-state index contributed by atoms with van der Waals surface area (Å²) in [4.78, 5) is 0. The van der Waals surface area contributed by atoms with E-state index < -0.39 is 0 Å². The first-order chi connectivity index (χ1) is 21.7. The van der Waals surface area contributed by atoms with Gasteiger partial charge in [-0.3, -0.25) is 0 Å². The monoisotopic (exact) mass is 572 g/mol. The number of allylic oxidation sites excluding steroid dienone is 3. The number of unbranched alkanes of at least 4 members (excludes halogenated alkanes) is 4. The van der Waals surface area contributed by atoms with Crippen molar-refractivity contribution in [1.29, 1.82) is 0 Å². The molecule has 0 atom stereocenters. The summed E-state index contributed by atoms with van der Waals surface area (Å²) in [5.74, 6) is 0. The van der Waals surface area contributed by atoms with Crippen LogP contribution < -0.4 is 0 Å². The standard InChI is InChI=1S/C44H44/c1-3-5-7-9-17-31-44(39-27-23-34(24-28-39)18-12-8-6-4-2)42-32-37(35-19-13-10-14-20-35)25-29-40(42)41-30-26-38(33-43(41)44)36-21-15-11-16-22-36/h3,5,7,10-11,13-16,19-30,32-33H,1,4,6,8-9,12,17-18,31H2,2H3/b7-5-. The fourth-order valence-electron chi connectivity index (χ4n) is 7.14. The second kappa shape index (κ2) is 13.9. The number of hydrogen-bond acceptors (Lipinski definition) is 0. The van der Waals surface area contributed by atoms with Crippen LogP contribution in [0.25, 0.3) is 33.4 Å². The molecule has 5 aromatic rings. The molecule has 44 heavy (non-hydrogen) atoms. The van der Waals surface area contributed by atoms with Crippen molar-refractivity contribution in [1.82, 2.24) is 0 Å². The van der Waals surface area contributed by atoms with Crippen molar-refractivity contribution in [3.8, 4) is 33.4 Å². The summed E-state index contributed by atoms with van der Waals surface area (Å²) in [6.07, 6.45) is 15.7. The molecule has 0 saturated carbocycles. The summed E-state index contributed by atoms with van der Waals surface area (Å²) < 4.78 is 0. The van der Waals surface area contributed by atoms with Crippen molar-refractivity contribution in [2.24, 2.45) is 0 Å². The first-order valence-corrected chi connectivity index (χ1v) is 16.5. The fraction of sp³-hybridized carbons (Fsp3) is 0.227. The summed E-state index contributed by atoms with van der Waals surface area (Å²) in [6.45, 7) is 6.17. The Bertz CT molecular complexity index is 1620. The predicted molar refractivity (Wildman–Crippen MR) is 190 cm³/mol. The molecule has 0 unspecified atom stereocenters. The maximum absolute atomic E-state index is 3.89. The minimum atomic E-state index is -0.233. The Balaban J connectivity index is 1.52. The van der Waals surface area contributed by atoms with E-state index in [-0.39, 0.29) is 5.41 Å². The van der Waals surface area contributed by atoms with E-state index in [2.05, 4.69) is 147 Å². The third-order valence-corrected chi connectivity index (χ3v) is 9.42. The van der Waals surface area contributed by atoms with E-state index in [9.17, 15) is 0 Å². The maximum Gasteiger partial charge on any atom is 0.0464 e. The molecule has 5 aromatic carbocycles. The van der Waals surface area contributed by atoms with E-state index >= 15 is 0 Å². The normalized spacial score (nSPS) is 13.1. The Morgan fingerprint density at radius 2 is 1.18 bits per heavy atom. The lowest BCUT2D eigenvalue weighted by molar-refractivity contribution is 0.547. The van der Waals surface area contributed by atoms with Crippen LogP contribution >= 0.6 is 0 Å². The molecule has 0 N–H and O–H groups in total. The molecule has 0 heteroatoms. The maximum atomic E-state index is 3.89. The van der Waals surface area contributed by atoms with E-state index in [1.165, 1.54) is 81.3 Å². The first-order valence-electron chi connectivity index (χ1n) is 16.5. The molecule has 0 saturated heterocycles. The largest absolute Gasteiger partial charge is 0.0991 e. The summed E-state index contributed by atoms with van der Waals surface area (Å²) in [5, 5.41) is 0. The SMILES string of the molecule is C=C/C=C\CCCC1(c2ccc(CCCCCC)cc2)c2cc(-c3ccccc3)ccc2-c2ccc(-c3ccccc3)cc21. The van der Waals surface area contributed by atoms with E-state index in [0.717, 1.165) is 25.7 Å². The van der Waals surface area contributed by atoms with Crippen LogP contribution in [0.5, 0.6) is 0 Å². The third-order valence-electron chi connectivity index (χ3n) is 9.42. The Morgan fingerprint density at radius 1 is 0.591 bits per heavy atom. The molecule has 0 nitrogen and oxygen atoms in total. The van der Waals surface area contributed by atoms with E-state index in [1.807, 2.05) is 6.08 Å². The van der Waals surface area contributed by atoms with Crippen LogP contribution in [-0.4, -0.2) is 0 Å². The number of aryl methyl sites for hydroxylation is 1. The van der Waals surface area contributed by atoms with Crippen molar-refractivity contribution < 1.29 is 0 Å². The molecule has 0 heterocycles. The lowest BCUT2D eigenvalue weighted by Gasteiger charge is -2.34. The van der Waals surface area contributed by atoms with Crippen molar-refractivity contribution in [2.45, 2.75) is 63.7 Å². The van der Waals surface area contributed by atoms with Gasteiger partial charge < -0.3 is 0 Å². The van der Waals surface area contributed by atoms with Gasteiger partial charge >= 0.3 is 0 Å². The Labute approximate surface area is 264 Å². The number of benzene rings is 5. The average molecular weight is 573 g/mol. The predicted octanol–water partition coefficient (Wildman–Crippen LogP) is 12.4. The van der Waals surface area contributed by atoms with Gasteiger partial charge in [-0.05, 0) is 99.9 Å². The molecule has 0 aromatic heterocycles. The van der Waals surface area contributed by atoms with Crippen LogP contribution in [0, 0.1) is 0 Å². The van der Waals surface area contributed by atoms with Gasteiger partial charge in [-0.15, -0.1) is 0 Å². The summed E-state index contributed by atoms with van der Waals surface area (Å²) >= 11 is 0. The highest BCUT2D eigenvalue weighted by Crippen LogP contribution is 2.56. The molecular formula is C44H44. The highest BCUT2D eigenvalue weighted by atomic mass is 14.5. The van der Waals surface area contributed by atoms with Gasteiger partial charge in [0.05, 0.1) is 0 Å². The molecule has 6 rings (SSSR count). The Kier molecular flexibility index (Phi) is 9.37. The van der Waals surface area contributed by atoms with Gasteiger partial charge in [0.1, 0.15) is 0 Å². The molecule has 0 spiro atoms. The summed E-state index contributed by atoms with van der Waals surface area (Å²) in [7, 11) is 0. The minimum Gasteiger partial charge on any atom is -0.0991 e. The highest BCUT2D eigenvalue weighted by Gasteiger charge is 2.44. The molecule has 1 aliphatic carbocycles. The minimum absolute atomic E-state index is 0.233. The first kappa shape index (κ1) is 29.6. The van der Waals surface area contributed by atoms with Gasteiger partial charge in [0.2, 0.25) is 0 Å². The van der Waals surface area contributed by atoms with Gasteiger partial charge in [-0.25, -0.2) is 0 Å². The Hall–Kier alpha value is -4.42. The number of fused-ring (bicyclic) bond motifs is 3. The Morgan fingerprint density at radius 3 is 1.73 bits per heavy atom. The van der Waals surface area contributed by atoms with Crippen LogP contribution in [0.2, 0.25) is 0 Å².